The van der Waals surface area contributed by atoms with Crippen molar-refractivity contribution >= 4 is 22.9 Å². The largest absolute Gasteiger partial charge is 0.493 e. The normalized spacial score (nSPS) is 14.8. The van der Waals surface area contributed by atoms with E-state index in [1.807, 2.05) is 6.07 Å². The maximum Gasteiger partial charge on any atom is 0.125 e. The van der Waals surface area contributed by atoms with Gasteiger partial charge in [0.05, 0.1) is 6.61 Å². The first-order valence-electron chi connectivity index (χ1n) is 7.39. The van der Waals surface area contributed by atoms with Gasteiger partial charge in [0.2, 0.25) is 0 Å². The minimum Gasteiger partial charge on any atom is -0.493 e. The van der Waals surface area contributed by atoms with Crippen molar-refractivity contribution in [2.24, 2.45) is 0 Å². The molecule has 2 nitrogen and oxygen atoms in total. The van der Waals surface area contributed by atoms with Gasteiger partial charge in [0.1, 0.15) is 5.75 Å². The monoisotopic (exact) mass is 321 g/mol. The molecule has 1 aromatic heterocycles. The Morgan fingerprint density at radius 2 is 2.24 bits per heavy atom. The van der Waals surface area contributed by atoms with Crippen LogP contribution in [-0.2, 0) is 12.8 Å². The Labute approximate surface area is 135 Å². The zero-order valence-electron chi connectivity index (χ0n) is 12.4. The van der Waals surface area contributed by atoms with E-state index < -0.39 is 0 Å². The van der Waals surface area contributed by atoms with Crippen LogP contribution in [0.3, 0.4) is 0 Å². The van der Waals surface area contributed by atoms with Crippen LogP contribution in [0.5, 0.6) is 5.75 Å². The summed E-state index contributed by atoms with van der Waals surface area (Å²) < 4.78 is 5.83. The van der Waals surface area contributed by atoms with E-state index >= 15 is 0 Å². The molecule has 0 fully saturated rings. The van der Waals surface area contributed by atoms with Crippen molar-refractivity contribution in [2.45, 2.75) is 32.7 Å². The van der Waals surface area contributed by atoms with Crippen LogP contribution >= 0.6 is 22.9 Å². The van der Waals surface area contributed by atoms with Gasteiger partial charge in [0.25, 0.3) is 0 Å². The summed E-state index contributed by atoms with van der Waals surface area (Å²) in [5.74, 6) is 1.05. The van der Waals surface area contributed by atoms with E-state index in [0.29, 0.717) is 6.04 Å². The SMILES string of the molecule is CCNC(Cc1cc(Cl)cc2c1OCC2)c1cscc1C. The van der Waals surface area contributed by atoms with Crippen molar-refractivity contribution in [3.8, 4) is 5.75 Å². The number of rotatable bonds is 5. The van der Waals surface area contributed by atoms with Crippen molar-refractivity contribution in [3.63, 3.8) is 0 Å². The average molecular weight is 322 g/mol. The molecule has 2 heterocycles. The highest BCUT2D eigenvalue weighted by molar-refractivity contribution is 7.08. The van der Waals surface area contributed by atoms with Crippen LogP contribution in [0.15, 0.2) is 22.9 Å². The standard InChI is InChI=1S/C17H20ClNOS/c1-3-19-16(15-10-21-9-11(15)2)8-13-7-14(18)6-12-4-5-20-17(12)13/h6-7,9-10,16,19H,3-5,8H2,1-2H3. The number of nitrogens with one attached hydrogen (secondary N) is 1. The van der Waals surface area contributed by atoms with E-state index in [9.17, 15) is 0 Å². The molecule has 0 spiro atoms. The number of likely N-dealkylation sites (N-methyl/N-ethyl adjacent to an activating group) is 1. The molecule has 0 saturated heterocycles. The second-order valence-corrected chi connectivity index (χ2v) is 6.66. The first kappa shape index (κ1) is 14.9. The zero-order chi connectivity index (χ0) is 14.8. The molecule has 4 heteroatoms. The van der Waals surface area contributed by atoms with Gasteiger partial charge in [-0.3, -0.25) is 0 Å². The lowest BCUT2D eigenvalue weighted by Crippen LogP contribution is -2.23. The topological polar surface area (TPSA) is 21.3 Å². The third-order valence-corrected chi connectivity index (χ3v) is 5.07. The average Bonchev–Trinajstić information content (AvgIpc) is 3.06. The molecule has 1 N–H and O–H groups in total. The summed E-state index contributed by atoms with van der Waals surface area (Å²) in [6, 6.07) is 4.40. The number of fused-ring (bicyclic) bond motifs is 1. The van der Waals surface area contributed by atoms with Gasteiger partial charge < -0.3 is 10.1 Å². The molecular formula is C17H20ClNOS. The number of benzene rings is 1. The van der Waals surface area contributed by atoms with Crippen molar-refractivity contribution < 1.29 is 4.74 Å². The number of aryl methyl sites for hydroxylation is 1. The molecule has 0 aliphatic carbocycles. The van der Waals surface area contributed by atoms with Crippen LogP contribution < -0.4 is 10.1 Å². The smallest absolute Gasteiger partial charge is 0.125 e. The summed E-state index contributed by atoms with van der Waals surface area (Å²) in [5.41, 5.74) is 5.19. The highest BCUT2D eigenvalue weighted by Gasteiger charge is 2.21. The van der Waals surface area contributed by atoms with Gasteiger partial charge in [-0.25, -0.2) is 0 Å². The van der Waals surface area contributed by atoms with Gasteiger partial charge in [-0.2, -0.15) is 11.3 Å². The Morgan fingerprint density at radius 1 is 1.38 bits per heavy atom. The highest BCUT2D eigenvalue weighted by atomic mass is 35.5. The predicted octanol–water partition coefficient (Wildman–Crippen LogP) is 4.54. The van der Waals surface area contributed by atoms with Crippen molar-refractivity contribution in [1.29, 1.82) is 0 Å². The molecule has 21 heavy (non-hydrogen) atoms. The van der Waals surface area contributed by atoms with Crippen molar-refractivity contribution in [2.75, 3.05) is 13.2 Å². The second kappa shape index (κ2) is 6.39. The second-order valence-electron chi connectivity index (χ2n) is 5.48. The lowest BCUT2D eigenvalue weighted by Gasteiger charge is -2.20. The van der Waals surface area contributed by atoms with E-state index in [2.05, 4.69) is 36.0 Å². The van der Waals surface area contributed by atoms with Gasteiger partial charge in [0, 0.05) is 17.5 Å². The number of ether oxygens (including phenoxy) is 1. The van der Waals surface area contributed by atoms with E-state index in [1.165, 1.54) is 22.3 Å². The van der Waals surface area contributed by atoms with Crippen LogP contribution in [0.1, 0.15) is 35.2 Å². The lowest BCUT2D eigenvalue weighted by atomic mass is 9.96. The quantitative estimate of drug-likeness (QED) is 0.873. The van der Waals surface area contributed by atoms with Crippen molar-refractivity contribution in [3.05, 3.63) is 50.2 Å². The molecule has 1 aromatic carbocycles. The van der Waals surface area contributed by atoms with Gasteiger partial charge >= 0.3 is 0 Å². The zero-order valence-corrected chi connectivity index (χ0v) is 14.0. The molecule has 2 aromatic rings. The van der Waals surface area contributed by atoms with E-state index in [1.54, 1.807) is 11.3 Å². The van der Waals surface area contributed by atoms with Crippen LogP contribution in [-0.4, -0.2) is 13.2 Å². The van der Waals surface area contributed by atoms with Crippen molar-refractivity contribution in [1.82, 2.24) is 5.32 Å². The molecule has 1 atom stereocenters. The summed E-state index contributed by atoms with van der Waals surface area (Å²) in [6.45, 7) is 6.04. The minimum absolute atomic E-state index is 0.313. The third-order valence-electron chi connectivity index (χ3n) is 3.97. The Kier molecular flexibility index (Phi) is 4.53. The predicted molar refractivity (Wildman–Crippen MR) is 89.8 cm³/mol. The highest BCUT2D eigenvalue weighted by Crippen LogP contribution is 2.36. The first-order valence-corrected chi connectivity index (χ1v) is 8.71. The van der Waals surface area contributed by atoms with E-state index in [4.69, 9.17) is 16.3 Å². The fraction of sp³-hybridized carbons (Fsp3) is 0.412. The Bertz CT molecular complexity index is 638. The molecule has 1 unspecified atom stereocenters. The molecule has 0 saturated carbocycles. The minimum atomic E-state index is 0.313. The summed E-state index contributed by atoms with van der Waals surface area (Å²) in [6.07, 6.45) is 1.88. The fourth-order valence-electron chi connectivity index (χ4n) is 2.98. The number of hydrogen-bond donors (Lipinski definition) is 1. The molecule has 112 valence electrons. The van der Waals surface area contributed by atoms with Crippen LogP contribution in [0.4, 0.5) is 0 Å². The van der Waals surface area contributed by atoms with Gasteiger partial charge in [-0.1, -0.05) is 18.5 Å². The van der Waals surface area contributed by atoms with E-state index in [0.717, 1.165) is 36.8 Å². The molecule has 0 radical (unpaired) electrons. The maximum absolute atomic E-state index is 6.27. The van der Waals surface area contributed by atoms with Crippen LogP contribution in [0.25, 0.3) is 0 Å². The van der Waals surface area contributed by atoms with Gasteiger partial charge in [0.15, 0.2) is 0 Å². The molecule has 0 amide bonds. The van der Waals surface area contributed by atoms with E-state index in [-0.39, 0.29) is 0 Å². The molecule has 3 rings (SSSR count). The van der Waals surface area contributed by atoms with Crippen LogP contribution in [0.2, 0.25) is 5.02 Å². The summed E-state index contributed by atoms with van der Waals surface area (Å²) >= 11 is 8.03. The Balaban J connectivity index is 1.92. The fourth-order valence-corrected chi connectivity index (χ4v) is 4.15. The molecule has 1 aliphatic heterocycles. The van der Waals surface area contributed by atoms with Crippen LogP contribution in [0, 0.1) is 6.92 Å². The number of halogens is 1. The maximum atomic E-state index is 6.27. The molecule has 0 bridgehead atoms. The first-order chi connectivity index (χ1) is 10.2. The Morgan fingerprint density at radius 3 is 2.95 bits per heavy atom. The lowest BCUT2D eigenvalue weighted by molar-refractivity contribution is 0.351. The molecular weight excluding hydrogens is 302 g/mol. The number of hydrogen-bond acceptors (Lipinski definition) is 3. The Hall–Kier alpha value is -1.03. The summed E-state index contributed by atoms with van der Waals surface area (Å²) in [5, 5.41) is 8.86. The summed E-state index contributed by atoms with van der Waals surface area (Å²) in [4.78, 5) is 0. The number of thiophene rings is 1. The third kappa shape index (κ3) is 3.10. The summed E-state index contributed by atoms with van der Waals surface area (Å²) in [7, 11) is 0. The van der Waals surface area contributed by atoms with Gasteiger partial charge in [-0.05, 0) is 65.0 Å². The molecule has 1 aliphatic rings. The van der Waals surface area contributed by atoms with Gasteiger partial charge in [-0.15, -0.1) is 0 Å².